The fourth-order valence-electron chi connectivity index (χ4n) is 1.60. The summed E-state index contributed by atoms with van der Waals surface area (Å²) in [6.07, 6.45) is 1.63. The largest absolute Gasteiger partial charge is 0.435 e. The molecule has 0 unspecified atom stereocenters. The molecule has 0 aromatic heterocycles. The van der Waals surface area contributed by atoms with Gasteiger partial charge in [-0.1, -0.05) is 28.1 Å². The third-order valence-corrected chi connectivity index (χ3v) is 2.84. The number of halogens is 3. The van der Waals surface area contributed by atoms with Gasteiger partial charge in [-0.25, -0.2) is 0 Å². The molecule has 5 heteroatoms. The first-order valence-electron chi connectivity index (χ1n) is 5.17. The van der Waals surface area contributed by atoms with Crippen molar-refractivity contribution >= 4 is 15.9 Å². The van der Waals surface area contributed by atoms with E-state index in [0.29, 0.717) is 12.0 Å². The maximum atomic E-state index is 12.2. The van der Waals surface area contributed by atoms with Crippen LogP contribution in [0.2, 0.25) is 0 Å². The molecule has 0 fully saturated rings. The summed E-state index contributed by atoms with van der Waals surface area (Å²) in [7, 11) is 0. The maximum Gasteiger partial charge on any atom is 0.387 e. The lowest BCUT2D eigenvalue weighted by Crippen LogP contribution is -2.06. The van der Waals surface area contributed by atoms with E-state index in [0.717, 1.165) is 17.3 Å². The SMILES string of the molecule is N#CCc1cccc(OC(F)F)c1CCCBr. The van der Waals surface area contributed by atoms with Crippen LogP contribution in [0.5, 0.6) is 5.75 Å². The molecule has 0 radical (unpaired) electrons. The van der Waals surface area contributed by atoms with Crippen molar-refractivity contribution in [1.29, 1.82) is 5.26 Å². The molecular weight excluding hydrogens is 292 g/mol. The van der Waals surface area contributed by atoms with Crippen molar-refractivity contribution in [1.82, 2.24) is 0 Å². The Bertz CT molecular complexity index is 404. The minimum atomic E-state index is -2.84. The summed E-state index contributed by atoms with van der Waals surface area (Å²) in [4.78, 5) is 0. The maximum absolute atomic E-state index is 12.2. The number of nitrogens with zero attached hydrogens (tertiary/aromatic N) is 1. The highest BCUT2D eigenvalue weighted by Crippen LogP contribution is 2.26. The Morgan fingerprint density at radius 2 is 2.18 bits per heavy atom. The lowest BCUT2D eigenvalue weighted by atomic mass is 10.00. The highest BCUT2D eigenvalue weighted by atomic mass is 79.9. The molecule has 0 aliphatic rings. The summed E-state index contributed by atoms with van der Waals surface area (Å²) < 4.78 is 29.0. The smallest absolute Gasteiger partial charge is 0.387 e. The van der Waals surface area contributed by atoms with Gasteiger partial charge in [0.25, 0.3) is 0 Å². The van der Waals surface area contributed by atoms with Gasteiger partial charge in [-0.15, -0.1) is 0 Å². The molecule has 0 spiro atoms. The van der Waals surface area contributed by atoms with Gasteiger partial charge in [0.2, 0.25) is 0 Å². The third-order valence-electron chi connectivity index (χ3n) is 2.28. The van der Waals surface area contributed by atoms with Crippen molar-refractivity contribution in [2.75, 3.05) is 5.33 Å². The standard InChI is InChI=1S/C12H12BrF2NO/c13-7-2-4-10-9(6-8-16)3-1-5-11(10)17-12(14)15/h1,3,5,12H,2,4,6-7H2. The number of hydrogen-bond donors (Lipinski definition) is 0. The molecule has 0 atom stereocenters. The van der Waals surface area contributed by atoms with Crippen LogP contribution in [-0.4, -0.2) is 11.9 Å². The monoisotopic (exact) mass is 303 g/mol. The van der Waals surface area contributed by atoms with Crippen molar-refractivity contribution in [3.63, 3.8) is 0 Å². The first-order valence-corrected chi connectivity index (χ1v) is 6.29. The quantitative estimate of drug-likeness (QED) is 0.751. The summed E-state index contributed by atoms with van der Waals surface area (Å²) in [6, 6.07) is 6.93. The van der Waals surface area contributed by atoms with Crippen LogP contribution in [0.25, 0.3) is 0 Å². The Labute approximate surface area is 107 Å². The van der Waals surface area contributed by atoms with E-state index in [2.05, 4.69) is 20.7 Å². The zero-order valence-corrected chi connectivity index (χ0v) is 10.7. The Morgan fingerprint density at radius 1 is 1.41 bits per heavy atom. The van der Waals surface area contributed by atoms with E-state index in [1.54, 1.807) is 12.1 Å². The van der Waals surface area contributed by atoms with Gasteiger partial charge in [0.15, 0.2) is 0 Å². The number of nitriles is 1. The van der Waals surface area contributed by atoms with E-state index in [-0.39, 0.29) is 12.2 Å². The fourth-order valence-corrected chi connectivity index (χ4v) is 1.88. The number of hydrogen-bond acceptors (Lipinski definition) is 2. The topological polar surface area (TPSA) is 33.0 Å². The Balaban J connectivity index is 3.01. The lowest BCUT2D eigenvalue weighted by molar-refractivity contribution is -0.0504. The summed E-state index contributed by atoms with van der Waals surface area (Å²) in [5.74, 6) is 0.175. The molecule has 1 aromatic carbocycles. The highest BCUT2D eigenvalue weighted by Gasteiger charge is 2.12. The predicted octanol–water partition coefficient (Wildman–Crippen LogP) is 3.68. The van der Waals surface area contributed by atoms with Gasteiger partial charge in [-0.3, -0.25) is 0 Å². The van der Waals surface area contributed by atoms with Crippen molar-refractivity contribution < 1.29 is 13.5 Å². The zero-order chi connectivity index (χ0) is 12.7. The molecule has 0 saturated heterocycles. The fraction of sp³-hybridized carbons (Fsp3) is 0.417. The van der Waals surface area contributed by atoms with Gasteiger partial charge >= 0.3 is 6.61 Å². The van der Waals surface area contributed by atoms with Crippen LogP contribution in [0.3, 0.4) is 0 Å². The van der Waals surface area contributed by atoms with Crippen LogP contribution in [-0.2, 0) is 12.8 Å². The summed E-state index contributed by atoms with van der Waals surface area (Å²) in [5.41, 5.74) is 1.46. The predicted molar refractivity (Wildman–Crippen MR) is 64.5 cm³/mol. The van der Waals surface area contributed by atoms with Crippen LogP contribution in [0.4, 0.5) is 8.78 Å². The molecule has 0 heterocycles. The molecule has 92 valence electrons. The van der Waals surface area contributed by atoms with Crippen molar-refractivity contribution in [2.45, 2.75) is 25.9 Å². The molecule has 1 rings (SSSR count). The van der Waals surface area contributed by atoms with E-state index >= 15 is 0 Å². The van der Waals surface area contributed by atoms with Gasteiger partial charge in [-0.05, 0) is 30.0 Å². The highest BCUT2D eigenvalue weighted by molar-refractivity contribution is 9.09. The Kier molecular flexibility index (Phi) is 5.92. The normalized spacial score (nSPS) is 10.3. The Morgan fingerprint density at radius 3 is 2.76 bits per heavy atom. The second kappa shape index (κ2) is 7.23. The molecule has 0 aliphatic heterocycles. The van der Waals surface area contributed by atoms with Crippen LogP contribution in [0, 0.1) is 11.3 Å². The van der Waals surface area contributed by atoms with Crippen LogP contribution >= 0.6 is 15.9 Å². The average Bonchev–Trinajstić information content (AvgIpc) is 2.28. The van der Waals surface area contributed by atoms with Gasteiger partial charge < -0.3 is 4.74 Å². The summed E-state index contributed by atoms with van der Waals surface area (Å²) >= 11 is 3.29. The third kappa shape index (κ3) is 4.31. The molecule has 0 saturated carbocycles. The number of rotatable bonds is 6. The first-order chi connectivity index (χ1) is 8.19. The molecule has 1 aromatic rings. The average molecular weight is 304 g/mol. The van der Waals surface area contributed by atoms with E-state index in [1.807, 2.05) is 6.07 Å². The second-order valence-corrected chi connectivity index (χ2v) is 4.19. The van der Waals surface area contributed by atoms with Crippen LogP contribution in [0.15, 0.2) is 18.2 Å². The van der Waals surface area contributed by atoms with Crippen molar-refractivity contribution in [3.8, 4) is 11.8 Å². The van der Waals surface area contributed by atoms with Gasteiger partial charge in [-0.2, -0.15) is 14.0 Å². The minimum Gasteiger partial charge on any atom is -0.435 e. The van der Waals surface area contributed by atoms with Crippen LogP contribution < -0.4 is 4.74 Å². The molecule has 0 bridgehead atoms. The van der Waals surface area contributed by atoms with Crippen molar-refractivity contribution in [2.24, 2.45) is 0 Å². The van der Waals surface area contributed by atoms with Gasteiger partial charge in [0, 0.05) is 5.33 Å². The minimum absolute atomic E-state index is 0.175. The molecule has 0 amide bonds. The van der Waals surface area contributed by atoms with E-state index in [1.165, 1.54) is 6.07 Å². The number of ether oxygens (including phenoxy) is 1. The second-order valence-electron chi connectivity index (χ2n) is 3.40. The molecular formula is C12H12BrF2NO. The number of benzene rings is 1. The Hall–Kier alpha value is -1.15. The molecule has 17 heavy (non-hydrogen) atoms. The summed E-state index contributed by atoms with van der Waals surface area (Å²) in [6.45, 7) is -2.84. The van der Waals surface area contributed by atoms with E-state index < -0.39 is 6.61 Å². The molecule has 0 N–H and O–H groups in total. The van der Waals surface area contributed by atoms with Gasteiger partial charge in [0.1, 0.15) is 5.75 Å². The van der Waals surface area contributed by atoms with E-state index in [4.69, 9.17) is 5.26 Å². The van der Waals surface area contributed by atoms with Crippen LogP contribution in [0.1, 0.15) is 17.5 Å². The number of alkyl halides is 3. The lowest BCUT2D eigenvalue weighted by Gasteiger charge is -2.13. The molecule has 0 aliphatic carbocycles. The van der Waals surface area contributed by atoms with E-state index in [9.17, 15) is 8.78 Å². The first kappa shape index (κ1) is 13.9. The van der Waals surface area contributed by atoms with Crippen molar-refractivity contribution in [3.05, 3.63) is 29.3 Å². The van der Waals surface area contributed by atoms with Gasteiger partial charge in [0.05, 0.1) is 12.5 Å². The zero-order valence-electron chi connectivity index (χ0n) is 9.13. The summed E-state index contributed by atoms with van der Waals surface area (Å²) in [5, 5.41) is 9.47. The molecule has 2 nitrogen and oxygen atoms in total.